The number of hydrogen-bond donors (Lipinski definition) is 2. The lowest BCUT2D eigenvalue weighted by Gasteiger charge is -2.35. The monoisotopic (exact) mass is 322 g/mol. The Balaban J connectivity index is 2.71. The molecule has 0 aromatic heterocycles. The zero-order valence-corrected chi connectivity index (χ0v) is 13.6. The summed E-state index contributed by atoms with van der Waals surface area (Å²) in [6, 6.07) is 0. The van der Waals surface area contributed by atoms with Crippen LogP contribution in [-0.4, -0.2) is 79.4 Å². The molecule has 0 atom stereocenters. The van der Waals surface area contributed by atoms with E-state index in [1.54, 1.807) is 0 Å². The summed E-state index contributed by atoms with van der Waals surface area (Å²) in [6.45, 7) is 4.81. The van der Waals surface area contributed by atoms with E-state index in [-0.39, 0.29) is 13.0 Å². The number of carbonyl (C=O) groups excluding carboxylic acids is 1. The molecule has 21 heavy (non-hydrogen) atoms. The number of likely N-dealkylation sites (N-methyl/N-ethyl adjacent to an activating group) is 1. The Kier molecular flexibility index (Phi) is 7.53. The molecule has 0 aromatic rings. The van der Waals surface area contributed by atoms with Crippen molar-refractivity contribution in [2.24, 2.45) is 0 Å². The van der Waals surface area contributed by atoms with Crippen LogP contribution in [0.3, 0.4) is 0 Å². The molecule has 1 aliphatic heterocycles. The van der Waals surface area contributed by atoms with E-state index in [1.165, 1.54) is 14.1 Å². The molecule has 1 aliphatic rings. The van der Waals surface area contributed by atoms with Crippen molar-refractivity contribution in [3.8, 4) is 0 Å². The lowest BCUT2D eigenvalue weighted by molar-refractivity contribution is -0.129. The van der Waals surface area contributed by atoms with Gasteiger partial charge in [0.25, 0.3) is 10.2 Å². The zero-order chi connectivity index (χ0) is 15.9. The number of hydroxylamine groups is 1. The van der Waals surface area contributed by atoms with Crippen molar-refractivity contribution in [2.75, 3.05) is 46.3 Å². The SMILES string of the molecule is CCCCN(CCC(=O)NO)S(=O)(=O)N1CCN(C)CC1. The van der Waals surface area contributed by atoms with E-state index in [9.17, 15) is 13.2 Å². The number of piperazine rings is 1. The molecule has 2 N–H and O–H groups in total. The van der Waals surface area contributed by atoms with Crippen LogP contribution in [-0.2, 0) is 15.0 Å². The molecule has 0 spiro atoms. The molecule has 1 heterocycles. The van der Waals surface area contributed by atoms with Gasteiger partial charge in [0.15, 0.2) is 0 Å². The van der Waals surface area contributed by atoms with Gasteiger partial charge in [-0.3, -0.25) is 10.0 Å². The van der Waals surface area contributed by atoms with Crippen molar-refractivity contribution in [3.05, 3.63) is 0 Å². The van der Waals surface area contributed by atoms with Crippen molar-refractivity contribution in [1.82, 2.24) is 19.0 Å². The fourth-order valence-electron chi connectivity index (χ4n) is 2.14. The molecule has 124 valence electrons. The van der Waals surface area contributed by atoms with Crippen LogP contribution < -0.4 is 5.48 Å². The van der Waals surface area contributed by atoms with Crippen molar-refractivity contribution >= 4 is 16.1 Å². The second-order valence-corrected chi connectivity index (χ2v) is 7.18. The number of unbranched alkanes of at least 4 members (excludes halogenated alkanes) is 1. The number of amides is 1. The summed E-state index contributed by atoms with van der Waals surface area (Å²) in [5.74, 6) is -0.579. The first-order chi connectivity index (χ1) is 9.91. The maximum Gasteiger partial charge on any atom is 0.282 e. The Morgan fingerprint density at radius 2 is 1.86 bits per heavy atom. The van der Waals surface area contributed by atoms with Gasteiger partial charge in [-0.25, -0.2) is 5.48 Å². The molecule has 8 nitrogen and oxygen atoms in total. The summed E-state index contributed by atoms with van der Waals surface area (Å²) in [5.41, 5.74) is 1.53. The van der Waals surface area contributed by atoms with Gasteiger partial charge < -0.3 is 4.90 Å². The van der Waals surface area contributed by atoms with E-state index in [4.69, 9.17) is 5.21 Å². The highest BCUT2D eigenvalue weighted by Gasteiger charge is 2.31. The molecule has 0 radical (unpaired) electrons. The second kappa shape index (κ2) is 8.64. The molecule has 0 aromatic carbocycles. The third-order valence-electron chi connectivity index (χ3n) is 3.59. The van der Waals surface area contributed by atoms with Crippen molar-refractivity contribution in [3.63, 3.8) is 0 Å². The van der Waals surface area contributed by atoms with Crippen LogP contribution in [0, 0.1) is 0 Å². The molecular formula is C12H26N4O4S. The van der Waals surface area contributed by atoms with E-state index < -0.39 is 16.1 Å². The predicted molar refractivity (Wildman–Crippen MR) is 79.0 cm³/mol. The highest BCUT2D eigenvalue weighted by Crippen LogP contribution is 2.13. The minimum atomic E-state index is -3.55. The van der Waals surface area contributed by atoms with Gasteiger partial charge in [0.1, 0.15) is 0 Å². The van der Waals surface area contributed by atoms with Crippen LogP contribution in [0.4, 0.5) is 0 Å². The van der Waals surface area contributed by atoms with Gasteiger partial charge in [0, 0.05) is 45.7 Å². The summed E-state index contributed by atoms with van der Waals surface area (Å²) in [7, 11) is -1.58. The number of nitrogens with one attached hydrogen (secondary N) is 1. The quantitative estimate of drug-likeness (QED) is 0.463. The molecule has 1 rings (SSSR count). The third-order valence-corrected chi connectivity index (χ3v) is 5.62. The summed E-state index contributed by atoms with van der Waals surface area (Å²) >= 11 is 0. The first kappa shape index (κ1) is 18.3. The van der Waals surface area contributed by atoms with Gasteiger partial charge in [-0.05, 0) is 13.5 Å². The van der Waals surface area contributed by atoms with E-state index in [0.29, 0.717) is 32.7 Å². The average Bonchev–Trinajstić information content (AvgIpc) is 2.47. The first-order valence-corrected chi connectivity index (χ1v) is 8.68. The normalized spacial score (nSPS) is 18.1. The first-order valence-electron chi connectivity index (χ1n) is 7.28. The highest BCUT2D eigenvalue weighted by atomic mass is 32.2. The maximum absolute atomic E-state index is 12.6. The lowest BCUT2D eigenvalue weighted by Crippen LogP contribution is -2.52. The molecule has 1 amide bonds. The number of nitrogens with zero attached hydrogens (tertiary/aromatic N) is 3. The van der Waals surface area contributed by atoms with Gasteiger partial charge in [0.2, 0.25) is 5.91 Å². The molecule has 9 heteroatoms. The van der Waals surface area contributed by atoms with Crippen LogP contribution in [0.15, 0.2) is 0 Å². The van der Waals surface area contributed by atoms with E-state index in [0.717, 1.165) is 12.8 Å². The molecule has 0 bridgehead atoms. The number of rotatable bonds is 8. The zero-order valence-electron chi connectivity index (χ0n) is 12.8. The summed E-state index contributed by atoms with van der Waals surface area (Å²) in [6.07, 6.45) is 1.57. The largest absolute Gasteiger partial charge is 0.304 e. The Labute approximate surface area is 126 Å². The molecule has 1 fully saturated rings. The fourth-order valence-corrected chi connectivity index (χ4v) is 3.77. The third kappa shape index (κ3) is 5.51. The second-order valence-electron chi connectivity index (χ2n) is 5.25. The van der Waals surface area contributed by atoms with Crippen molar-refractivity contribution in [2.45, 2.75) is 26.2 Å². The molecule has 1 saturated heterocycles. The van der Waals surface area contributed by atoms with Crippen LogP contribution in [0.5, 0.6) is 0 Å². The highest BCUT2D eigenvalue weighted by molar-refractivity contribution is 7.86. The van der Waals surface area contributed by atoms with Crippen molar-refractivity contribution in [1.29, 1.82) is 0 Å². The smallest absolute Gasteiger partial charge is 0.282 e. The Bertz CT molecular complexity index is 421. The fraction of sp³-hybridized carbons (Fsp3) is 0.917. The lowest BCUT2D eigenvalue weighted by atomic mass is 10.3. The van der Waals surface area contributed by atoms with Gasteiger partial charge >= 0.3 is 0 Å². The predicted octanol–water partition coefficient (Wildman–Crippen LogP) is -0.524. The van der Waals surface area contributed by atoms with Gasteiger partial charge in [-0.1, -0.05) is 13.3 Å². The molecule has 0 aliphatic carbocycles. The van der Waals surface area contributed by atoms with Gasteiger partial charge in [0.05, 0.1) is 0 Å². The van der Waals surface area contributed by atoms with Crippen molar-refractivity contribution < 1.29 is 18.4 Å². The standard InChI is InChI=1S/C12H26N4O4S/c1-3-4-6-15(7-5-12(17)13-18)21(19,20)16-10-8-14(2)9-11-16/h18H,3-11H2,1-2H3,(H,13,17). The van der Waals surface area contributed by atoms with Crippen LogP contribution in [0.1, 0.15) is 26.2 Å². The topological polar surface area (TPSA) is 93.2 Å². The van der Waals surface area contributed by atoms with Crippen LogP contribution in [0.2, 0.25) is 0 Å². The van der Waals surface area contributed by atoms with E-state index in [2.05, 4.69) is 4.90 Å². The molecule has 0 saturated carbocycles. The summed E-state index contributed by atoms with van der Waals surface area (Å²) in [4.78, 5) is 13.2. The molecular weight excluding hydrogens is 296 g/mol. The van der Waals surface area contributed by atoms with Crippen LogP contribution >= 0.6 is 0 Å². The van der Waals surface area contributed by atoms with Gasteiger partial charge in [-0.2, -0.15) is 17.0 Å². The summed E-state index contributed by atoms with van der Waals surface area (Å²) in [5, 5.41) is 8.52. The minimum absolute atomic E-state index is 0.0484. The van der Waals surface area contributed by atoms with E-state index >= 15 is 0 Å². The molecule has 0 unspecified atom stereocenters. The minimum Gasteiger partial charge on any atom is -0.304 e. The van der Waals surface area contributed by atoms with Crippen LogP contribution in [0.25, 0.3) is 0 Å². The average molecular weight is 322 g/mol. The van der Waals surface area contributed by atoms with E-state index in [1.807, 2.05) is 14.0 Å². The Morgan fingerprint density at radius 3 is 2.38 bits per heavy atom. The van der Waals surface area contributed by atoms with Gasteiger partial charge in [-0.15, -0.1) is 0 Å². The maximum atomic E-state index is 12.6. The number of hydrogen-bond acceptors (Lipinski definition) is 5. The summed E-state index contributed by atoms with van der Waals surface area (Å²) < 4.78 is 28.1. The number of carbonyl (C=O) groups is 1. The Morgan fingerprint density at radius 1 is 1.24 bits per heavy atom. The Hall–Kier alpha value is -0.740.